The third-order valence-corrected chi connectivity index (χ3v) is 4.97. The Morgan fingerprint density at radius 3 is 1.64 bits per heavy atom. The molecule has 138 valence electrons. The first-order valence-electron chi connectivity index (χ1n) is 9.35. The second-order valence-corrected chi connectivity index (χ2v) is 6.61. The lowest BCUT2D eigenvalue weighted by Gasteiger charge is -2.34. The summed E-state index contributed by atoms with van der Waals surface area (Å²) in [5, 5.41) is 9.10. The van der Waals surface area contributed by atoms with Crippen molar-refractivity contribution < 1.29 is 5.11 Å². The molecular formula is C25H22N2O. The zero-order valence-corrected chi connectivity index (χ0v) is 15.5. The van der Waals surface area contributed by atoms with Gasteiger partial charge in [-0.25, -0.2) is 4.98 Å². The molecule has 0 saturated heterocycles. The fraction of sp³-hybridized carbons (Fsp3) is 0.0800. The maximum absolute atomic E-state index is 9.10. The predicted octanol–water partition coefficient (Wildman–Crippen LogP) is 4.80. The van der Waals surface area contributed by atoms with Gasteiger partial charge in [0.05, 0.1) is 12.3 Å². The zero-order chi connectivity index (χ0) is 19.2. The molecule has 28 heavy (non-hydrogen) atoms. The van der Waals surface area contributed by atoms with Crippen molar-refractivity contribution in [2.24, 2.45) is 0 Å². The molecule has 3 nitrogen and oxygen atoms in total. The van der Waals surface area contributed by atoms with Crippen molar-refractivity contribution in [3.63, 3.8) is 0 Å². The van der Waals surface area contributed by atoms with Gasteiger partial charge in [0.25, 0.3) is 0 Å². The molecule has 0 radical (unpaired) electrons. The molecule has 3 aromatic carbocycles. The van der Waals surface area contributed by atoms with Crippen molar-refractivity contribution in [3.05, 3.63) is 131 Å². The van der Waals surface area contributed by atoms with E-state index in [1.165, 1.54) is 0 Å². The lowest BCUT2D eigenvalue weighted by molar-refractivity contribution is 0.343. The Kier molecular flexibility index (Phi) is 5.18. The molecule has 0 aliphatic rings. The number of benzene rings is 3. The number of nitrogens with zero attached hydrogens (tertiary/aromatic N) is 1. The normalized spacial score (nSPS) is 11.8. The monoisotopic (exact) mass is 366 g/mol. The van der Waals surface area contributed by atoms with Crippen LogP contribution in [0, 0.1) is 0 Å². The number of hydrogen-bond acceptors (Lipinski definition) is 2. The van der Waals surface area contributed by atoms with Crippen LogP contribution in [-0.2, 0) is 5.41 Å². The fourth-order valence-electron chi connectivity index (χ4n) is 3.76. The largest absolute Gasteiger partial charge is 0.392 e. The van der Waals surface area contributed by atoms with Crippen LogP contribution >= 0.6 is 0 Å². The van der Waals surface area contributed by atoms with Gasteiger partial charge < -0.3 is 10.1 Å². The number of aliphatic hydroxyl groups excluding tert-OH is 1. The van der Waals surface area contributed by atoms with E-state index in [9.17, 15) is 0 Å². The summed E-state index contributed by atoms with van der Waals surface area (Å²) in [6, 6.07) is 31.3. The van der Waals surface area contributed by atoms with Crippen molar-refractivity contribution in [2.75, 3.05) is 6.61 Å². The molecule has 4 aromatic rings. The summed E-state index contributed by atoms with van der Waals surface area (Å²) in [6.07, 6.45) is 5.39. The average Bonchev–Trinajstić information content (AvgIpc) is 3.24. The van der Waals surface area contributed by atoms with Crippen LogP contribution in [0.3, 0.4) is 0 Å². The number of aromatic nitrogens is 2. The predicted molar refractivity (Wildman–Crippen MR) is 113 cm³/mol. The Labute approximate surface area is 165 Å². The van der Waals surface area contributed by atoms with Crippen LogP contribution < -0.4 is 0 Å². The summed E-state index contributed by atoms with van der Waals surface area (Å²) in [4.78, 5) is 8.30. The third-order valence-electron chi connectivity index (χ3n) is 4.97. The molecule has 1 heterocycles. The Morgan fingerprint density at radius 2 is 1.21 bits per heavy atom. The SMILES string of the molecule is OCC=Cc1c[nH]c(C(c2ccccc2)(c2ccccc2)c2ccccc2)n1. The molecule has 0 aliphatic heterocycles. The van der Waals surface area contributed by atoms with Crippen molar-refractivity contribution in [3.8, 4) is 0 Å². The van der Waals surface area contributed by atoms with Crippen molar-refractivity contribution in [2.45, 2.75) is 5.41 Å². The summed E-state index contributed by atoms with van der Waals surface area (Å²) >= 11 is 0. The average molecular weight is 366 g/mol. The summed E-state index contributed by atoms with van der Waals surface area (Å²) in [6.45, 7) is -0.0105. The van der Waals surface area contributed by atoms with E-state index < -0.39 is 5.41 Å². The van der Waals surface area contributed by atoms with Crippen LogP contribution in [0.1, 0.15) is 28.2 Å². The van der Waals surface area contributed by atoms with Gasteiger partial charge in [-0.3, -0.25) is 0 Å². The van der Waals surface area contributed by atoms with Crippen LogP contribution in [0.15, 0.2) is 103 Å². The van der Waals surface area contributed by atoms with Crippen molar-refractivity contribution in [1.29, 1.82) is 0 Å². The lowest BCUT2D eigenvalue weighted by atomic mass is 9.69. The number of imidazole rings is 1. The van der Waals surface area contributed by atoms with E-state index in [0.717, 1.165) is 28.2 Å². The van der Waals surface area contributed by atoms with E-state index in [2.05, 4.69) is 77.8 Å². The minimum Gasteiger partial charge on any atom is -0.392 e. The summed E-state index contributed by atoms with van der Waals surface area (Å²) in [7, 11) is 0. The molecule has 2 N–H and O–H groups in total. The van der Waals surface area contributed by atoms with Gasteiger partial charge in [-0.15, -0.1) is 0 Å². The minimum atomic E-state index is -0.574. The first-order chi connectivity index (χ1) is 13.9. The Hall–Kier alpha value is -3.43. The molecule has 0 spiro atoms. The Bertz CT molecular complexity index is 941. The van der Waals surface area contributed by atoms with Crippen molar-refractivity contribution in [1.82, 2.24) is 9.97 Å². The summed E-state index contributed by atoms with van der Waals surface area (Å²) in [5.41, 5.74) is 3.63. The molecule has 4 rings (SSSR count). The highest BCUT2D eigenvalue weighted by Gasteiger charge is 2.40. The van der Waals surface area contributed by atoms with E-state index in [4.69, 9.17) is 10.1 Å². The van der Waals surface area contributed by atoms with E-state index in [1.54, 1.807) is 6.08 Å². The number of H-pyrrole nitrogens is 1. The van der Waals surface area contributed by atoms with Crippen LogP contribution in [0.25, 0.3) is 6.08 Å². The van der Waals surface area contributed by atoms with E-state index in [-0.39, 0.29) is 6.61 Å². The quantitative estimate of drug-likeness (QED) is 0.482. The molecule has 0 saturated carbocycles. The lowest BCUT2D eigenvalue weighted by Crippen LogP contribution is -2.32. The number of rotatable bonds is 6. The Balaban J connectivity index is 2.04. The van der Waals surface area contributed by atoms with E-state index in [1.807, 2.05) is 30.5 Å². The van der Waals surface area contributed by atoms with Crippen molar-refractivity contribution >= 4 is 6.08 Å². The number of aliphatic hydroxyl groups is 1. The van der Waals surface area contributed by atoms with Crippen LogP contribution in [0.2, 0.25) is 0 Å². The van der Waals surface area contributed by atoms with Crippen LogP contribution in [0.5, 0.6) is 0 Å². The van der Waals surface area contributed by atoms with Crippen LogP contribution in [-0.4, -0.2) is 21.7 Å². The fourth-order valence-corrected chi connectivity index (χ4v) is 3.76. The molecule has 3 heteroatoms. The molecular weight excluding hydrogens is 344 g/mol. The first-order valence-corrected chi connectivity index (χ1v) is 9.35. The highest BCUT2D eigenvalue weighted by molar-refractivity contribution is 5.57. The van der Waals surface area contributed by atoms with Crippen LogP contribution in [0.4, 0.5) is 0 Å². The molecule has 0 fully saturated rings. The van der Waals surface area contributed by atoms with Gasteiger partial charge >= 0.3 is 0 Å². The zero-order valence-electron chi connectivity index (χ0n) is 15.5. The summed E-state index contributed by atoms with van der Waals surface area (Å²) in [5.74, 6) is 0.841. The van der Waals surface area contributed by atoms with Gasteiger partial charge in [-0.2, -0.15) is 0 Å². The first kappa shape index (κ1) is 18.0. The third kappa shape index (κ3) is 3.17. The standard InChI is InChI=1S/C25H22N2O/c28-18-10-17-23-19-26-24(27-23)25(20-11-4-1-5-12-20,21-13-6-2-7-14-21)22-15-8-3-9-16-22/h1-17,19,28H,18H2,(H,26,27). The van der Waals surface area contributed by atoms with Gasteiger partial charge in [0.2, 0.25) is 0 Å². The minimum absolute atomic E-state index is 0.0105. The van der Waals surface area contributed by atoms with Gasteiger partial charge in [-0.05, 0) is 22.8 Å². The number of aromatic amines is 1. The molecule has 0 amide bonds. The Morgan fingerprint density at radius 1 is 0.750 bits per heavy atom. The van der Waals surface area contributed by atoms with Gasteiger partial charge in [0.15, 0.2) is 0 Å². The summed E-state index contributed by atoms with van der Waals surface area (Å²) < 4.78 is 0. The molecule has 0 aliphatic carbocycles. The molecule has 0 atom stereocenters. The molecule has 0 unspecified atom stereocenters. The topological polar surface area (TPSA) is 48.9 Å². The maximum Gasteiger partial charge on any atom is 0.126 e. The molecule has 0 bridgehead atoms. The van der Waals surface area contributed by atoms with Gasteiger partial charge in [-0.1, -0.05) is 97.1 Å². The van der Waals surface area contributed by atoms with Gasteiger partial charge in [0.1, 0.15) is 11.2 Å². The second-order valence-electron chi connectivity index (χ2n) is 6.61. The number of nitrogens with one attached hydrogen (secondary N) is 1. The van der Waals surface area contributed by atoms with E-state index in [0.29, 0.717) is 0 Å². The van der Waals surface area contributed by atoms with E-state index >= 15 is 0 Å². The smallest absolute Gasteiger partial charge is 0.126 e. The second kappa shape index (κ2) is 8.07. The molecule has 1 aromatic heterocycles. The maximum atomic E-state index is 9.10. The number of hydrogen-bond donors (Lipinski definition) is 2. The highest BCUT2D eigenvalue weighted by Crippen LogP contribution is 2.43. The van der Waals surface area contributed by atoms with Gasteiger partial charge in [0, 0.05) is 6.20 Å². The highest BCUT2D eigenvalue weighted by atomic mass is 16.2.